The average molecular weight is 645 g/mol. The van der Waals surface area contributed by atoms with Gasteiger partial charge in [0.05, 0.1) is 0 Å². The Hall–Kier alpha value is -1.80. The maximum Gasteiger partial charge on any atom is 0.478 e. The van der Waals surface area contributed by atoms with E-state index >= 15 is 0 Å². The minimum atomic E-state index is -8.05. The first-order valence-corrected chi connectivity index (χ1v) is 7.91. The second-order valence-electron chi connectivity index (χ2n) is 5.92. The Morgan fingerprint density at radius 2 is 0.737 bits per heavy atom. The standard InChI is InChI=1S/C11HClF20O6/c12-3(15,4(16,17)18)8(28,29)36-10(31,6(22,23)24)38-11(32,7(25,26)27)37-9(30,5(19,20)21)35-2(13,14)1(33)34/h(H,33,34). The molecular formula is C11HClF20O6. The fourth-order valence-corrected chi connectivity index (χ4v) is 1.39. The molecule has 0 saturated carbocycles. The number of carboxylic acid groups (broad SMARTS) is 1. The maximum atomic E-state index is 14.0. The van der Waals surface area contributed by atoms with Crippen LogP contribution in [0.5, 0.6) is 0 Å². The lowest BCUT2D eigenvalue weighted by atomic mass is 10.3. The van der Waals surface area contributed by atoms with Gasteiger partial charge in [0, 0.05) is 0 Å². The maximum absolute atomic E-state index is 14.0. The molecule has 0 spiro atoms. The van der Waals surface area contributed by atoms with Crippen LogP contribution in [0.1, 0.15) is 0 Å². The summed E-state index contributed by atoms with van der Waals surface area (Å²) in [5.41, 5.74) is 0. The lowest BCUT2D eigenvalue weighted by Gasteiger charge is -2.40. The molecule has 27 heteroatoms. The predicted molar refractivity (Wildman–Crippen MR) is 67.3 cm³/mol. The summed E-state index contributed by atoms with van der Waals surface area (Å²) < 4.78 is 264. The number of ether oxygens (including phenoxy) is 4. The van der Waals surface area contributed by atoms with E-state index in [-0.39, 0.29) is 0 Å². The van der Waals surface area contributed by atoms with Crippen LogP contribution in [0, 0.1) is 0 Å². The Kier molecular flexibility index (Phi) is 9.23. The monoisotopic (exact) mass is 644 g/mol. The highest BCUT2D eigenvalue weighted by Crippen LogP contribution is 2.55. The first-order valence-electron chi connectivity index (χ1n) is 7.53. The van der Waals surface area contributed by atoms with E-state index in [1.54, 1.807) is 4.74 Å². The highest BCUT2D eigenvalue weighted by Gasteiger charge is 2.81. The van der Waals surface area contributed by atoms with E-state index in [2.05, 4.69) is 11.6 Å². The lowest BCUT2D eigenvalue weighted by Crippen LogP contribution is -2.65. The second-order valence-corrected chi connectivity index (χ2v) is 6.44. The molecule has 6 nitrogen and oxygen atoms in total. The van der Waals surface area contributed by atoms with Crippen molar-refractivity contribution >= 4 is 17.6 Å². The zero-order chi connectivity index (χ0) is 31.4. The van der Waals surface area contributed by atoms with Crippen LogP contribution >= 0.6 is 11.6 Å². The third kappa shape index (κ3) is 7.04. The summed E-state index contributed by atoms with van der Waals surface area (Å²) in [5.74, 6) is -4.06. The van der Waals surface area contributed by atoms with Crippen LogP contribution in [0.25, 0.3) is 0 Å². The fraction of sp³-hybridized carbons (Fsp3) is 0.909. The summed E-state index contributed by atoms with van der Waals surface area (Å²) in [6, 6.07) is -23.7. The number of halogens is 21. The molecule has 0 fully saturated rings. The van der Waals surface area contributed by atoms with Crippen molar-refractivity contribution < 1.29 is 117 Å². The van der Waals surface area contributed by atoms with Gasteiger partial charge in [0.1, 0.15) is 0 Å². The molecule has 0 aromatic rings. The van der Waals surface area contributed by atoms with Gasteiger partial charge in [-0.15, -0.1) is 0 Å². The van der Waals surface area contributed by atoms with Gasteiger partial charge in [-0.3, -0.25) is 0 Å². The van der Waals surface area contributed by atoms with E-state index in [0.29, 0.717) is 0 Å². The summed E-state index contributed by atoms with van der Waals surface area (Å²) in [5, 5.41) is 0.750. The van der Waals surface area contributed by atoms with Gasteiger partial charge in [-0.2, -0.15) is 83.4 Å². The van der Waals surface area contributed by atoms with Crippen LogP contribution in [0.2, 0.25) is 0 Å². The summed E-state index contributed by atoms with van der Waals surface area (Å²) in [4.78, 5) is 10.0. The molecular weight excluding hydrogens is 644 g/mol. The second kappa shape index (κ2) is 9.69. The molecule has 0 aliphatic rings. The molecule has 1 N–H and O–H groups in total. The van der Waals surface area contributed by atoms with Crippen LogP contribution in [-0.2, 0) is 23.7 Å². The highest BCUT2D eigenvalue weighted by molar-refractivity contribution is 6.24. The van der Waals surface area contributed by atoms with Crippen molar-refractivity contribution in [1.29, 1.82) is 0 Å². The van der Waals surface area contributed by atoms with Crippen molar-refractivity contribution in [1.82, 2.24) is 0 Å². The van der Waals surface area contributed by atoms with Gasteiger partial charge in [0.25, 0.3) is 0 Å². The minimum Gasteiger partial charge on any atom is -0.475 e. The quantitative estimate of drug-likeness (QED) is 0.170. The first-order chi connectivity index (χ1) is 16.0. The van der Waals surface area contributed by atoms with Crippen LogP contribution in [-0.4, -0.2) is 71.2 Å². The zero-order valence-electron chi connectivity index (χ0n) is 15.9. The smallest absolute Gasteiger partial charge is 0.475 e. The van der Waals surface area contributed by atoms with Crippen LogP contribution in [0.15, 0.2) is 0 Å². The van der Waals surface area contributed by atoms with Crippen molar-refractivity contribution in [2.24, 2.45) is 0 Å². The van der Waals surface area contributed by atoms with Crippen molar-refractivity contribution in [2.75, 3.05) is 0 Å². The Bertz CT molecular complexity index is 863. The first kappa shape index (κ1) is 36.2. The van der Waals surface area contributed by atoms with E-state index in [1.807, 2.05) is 0 Å². The molecule has 0 aromatic carbocycles. The van der Waals surface area contributed by atoms with Gasteiger partial charge in [-0.25, -0.2) is 28.1 Å². The summed E-state index contributed by atoms with van der Waals surface area (Å²) >= 11 is 3.52. The number of aliphatic carboxylic acids is 1. The molecule has 228 valence electrons. The third-order valence-corrected chi connectivity index (χ3v) is 3.46. The van der Waals surface area contributed by atoms with Gasteiger partial charge in [-0.1, -0.05) is 11.6 Å². The van der Waals surface area contributed by atoms with Gasteiger partial charge < -0.3 is 5.11 Å². The Balaban J connectivity index is 7.03. The van der Waals surface area contributed by atoms with Crippen molar-refractivity contribution in [3.63, 3.8) is 0 Å². The van der Waals surface area contributed by atoms with Crippen molar-refractivity contribution in [3.05, 3.63) is 0 Å². The SMILES string of the molecule is O=C(O)C(F)(F)OC(F)(OC(F)(OC(F)(OC(F)(F)C(F)(Cl)C(F)(F)F)C(F)(F)F)C(F)(F)F)C(F)(F)F. The topological polar surface area (TPSA) is 74.2 Å². The predicted octanol–water partition coefficient (Wildman–Crippen LogP) is 6.35. The number of carboxylic acids is 1. The molecule has 4 unspecified atom stereocenters. The van der Waals surface area contributed by atoms with Crippen molar-refractivity contribution in [2.45, 2.75) is 60.2 Å². The molecule has 4 atom stereocenters. The molecule has 0 radical (unpaired) electrons. The Morgan fingerprint density at radius 3 is 0.974 bits per heavy atom. The minimum absolute atomic E-state index is 1.43. The van der Waals surface area contributed by atoms with E-state index in [4.69, 9.17) is 5.11 Å². The molecule has 0 aromatic heterocycles. The molecule has 0 saturated heterocycles. The van der Waals surface area contributed by atoms with E-state index in [9.17, 15) is 92.6 Å². The van der Waals surface area contributed by atoms with Crippen LogP contribution < -0.4 is 0 Å². The normalized spacial score (nSPS) is 21.2. The lowest BCUT2D eigenvalue weighted by molar-refractivity contribution is -0.619. The molecule has 0 aliphatic carbocycles. The van der Waals surface area contributed by atoms with E-state index < -0.39 is 66.1 Å². The van der Waals surface area contributed by atoms with Crippen LogP contribution in [0.4, 0.5) is 87.8 Å². The van der Waals surface area contributed by atoms with E-state index in [0.717, 1.165) is 0 Å². The molecule has 0 amide bonds. The number of alkyl halides is 21. The Labute approximate surface area is 195 Å². The number of rotatable bonds is 10. The largest absolute Gasteiger partial charge is 0.478 e. The fourth-order valence-electron chi connectivity index (χ4n) is 1.35. The van der Waals surface area contributed by atoms with Gasteiger partial charge in [-0.05, 0) is 0 Å². The van der Waals surface area contributed by atoms with Crippen molar-refractivity contribution in [3.8, 4) is 0 Å². The van der Waals surface area contributed by atoms with Crippen LogP contribution in [0.3, 0.4) is 0 Å². The van der Waals surface area contributed by atoms with Gasteiger partial charge in [0.2, 0.25) is 0 Å². The van der Waals surface area contributed by atoms with Gasteiger partial charge >= 0.3 is 66.1 Å². The number of carbonyl (C=O) groups is 1. The van der Waals surface area contributed by atoms with Gasteiger partial charge in [0.15, 0.2) is 0 Å². The van der Waals surface area contributed by atoms with E-state index in [1.165, 1.54) is 14.2 Å². The number of hydrogen-bond acceptors (Lipinski definition) is 5. The molecule has 0 heterocycles. The molecule has 0 rings (SSSR count). The zero-order valence-corrected chi connectivity index (χ0v) is 16.7. The summed E-state index contributed by atoms with van der Waals surface area (Å²) in [7, 11) is 0. The highest BCUT2D eigenvalue weighted by atomic mass is 35.5. The molecule has 0 bridgehead atoms. The molecule has 0 aliphatic heterocycles. The summed E-state index contributed by atoms with van der Waals surface area (Å²) in [6.07, 6.45) is -45.5. The summed E-state index contributed by atoms with van der Waals surface area (Å²) in [6.45, 7) is 0. The average Bonchev–Trinajstić information content (AvgIpc) is 2.55. The Morgan fingerprint density at radius 1 is 0.474 bits per heavy atom. The number of hydrogen-bond donors (Lipinski definition) is 1. The third-order valence-electron chi connectivity index (χ3n) is 3.03. The molecule has 38 heavy (non-hydrogen) atoms.